The summed E-state index contributed by atoms with van der Waals surface area (Å²) in [6.07, 6.45) is 3.42. The van der Waals surface area contributed by atoms with Crippen molar-refractivity contribution in [2.75, 3.05) is 17.2 Å². The summed E-state index contributed by atoms with van der Waals surface area (Å²) in [5.74, 6) is 1.05. The molecule has 1 aliphatic heterocycles. The fourth-order valence-electron chi connectivity index (χ4n) is 4.82. The molecule has 3 atom stereocenters. The molecule has 2 fully saturated rings. The summed E-state index contributed by atoms with van der Waals surface area (Å²) in [5, 5.41) is 17.1. The Balaban J connectivity index is 1.42. The molecule has 2 heterocycles. The van der Waals surface area contributed by atoms with Crippen LogP contribution in [0.15, 0.2) is 60.7 Å². The quantitative estimate of drug-likeness (QED) is 0.425. The van der Waals surface area contributed by atoms with E-state index in [1.54, 1.807) is 16.8 Å². The standard InChI is InChI=1S/C26H30N6O3/c1-2-35-22-15-9-8-14-20(22)28-26(34)29-23-16-21(17-10-4-3-5-11-17)31-32(23)25-27-19-13-7-6-12-18(19)24(33)30-25/h3-5,8-11,14-16,18-19,25,27H,2,6-7,12-13H2,1H3,(H,30,33)(H2,28,29,34). The lowest BCUT2D eigenvalue weighted by Crippen LogP contribution is -2.59. The van der Waals surface area contributed by atoms with Gasteiger partial charge in [0.15, 0.2) is 6.29 Å². The van der Waals surface area contributed by atoms with E-state index in [9.17, 15) is 9.59 Å². The third-order valence-electron chi connectivity index (χ3n) is 6.48. The third-order valence-corrected chi connectivity index (χ3v) is 6.48. The van der Waals surface area contributed by atoms with Crippen molar-refractivity contribution < 1.29 is 14.3 Å². The highest BCUT2D eigenvalue weighted by molar-refractivity contribution is 6.00. The molecule has 182 valence electrons. The van der Waals surface area contributed by atoms with Crippen LogP contribution < -0.4 is 26.0 Å². The molecular weight excluding hydrogens is 444 g/mol. The van der Waals surface area contributed by atoms with Crippen molar-refractivity contribution in [1.82, 2.24) is 20.4 Å². The maximum Gasteiger partial charge on any atom is 0.324 e. The maximum absolute atomic E-state index is 13.0. The molecule has 35 heavy (non-hydrogen) atoms. The van der Waals surface area contributed by atoms with Crippen LogP contribution in [0.4, 0.5) is 16.3 Å². The first-order chi connectivity index (χ1) is 17.1. The number of para-hydroxylation sites is 2. The van der Waals surface area contributed by atoms with Crippen molar-refractivity contribution in [2.45, 2.75) is 44.9 Å². The summed E-state index contributed by atoms with van der Waals surface area (Å²) in [6.45, 7) is 2.38. The van der Waals surface area contributed by atoms with Gasteiger partial charge in [0.2, 0.25) is 5.91 Å². The molecule has 0 bridgehead atoms. The van der Waals surface area contributed by atoms with Gasteiger partial charge in [-0.25, -0.2) is 9.48 Å². The molecule has 1 aromatic heterocycles. The van der Waals surface area contributed by atoms with Crippen molar-refractivity contribution in [3.05, 3.63) is 60.7 Å². The van der Waals surface area contributed by atoms with Crippen LogP contribution in [-0.4, -0.2) is 34.4 Å². The summed E-state index contributed by atoms with van der Waals surface area (Å²) < 4.78 is 7.25. The molecule has 2 aliphatic rings. The Hall–Kier alpha value is -3.85. The lowest BCUT2D eigenvalue weighted by molar-refractivity contribution is -0.132. The van der Waals surface area contributed by atoms with Crippen LogP contribution in [-0.2, 0) is 4.79 Å². The zero-order chi connectivity index (χ0) is 24.2. The zero-order valence-corrected chi connectivity index (χ0v) is 19.7. The van der Waals surface area contributed by atoms with Crippen molar-refractivity contribution in [3.63, 3.8) is 0 Å². The van der Waals surface area contributed by atoms with E-state index in [1.807, 2.05) is 55.5 Å². The van der Waals surface area contributed by atoms with Crippen LogP contribution in [0.1, 0.15) is 38.9 Å². The normalized spacial score (nSPS) is 21.5. The van der Waals surface area contributed by atoms with E-state index in [-0.39, 0.29) is 17.9 Å². The highest BCUT2D eigenvalue weighted by Crippen LogP contribution is 2.31. The van der Waals surface area contributed by atoms with Crippen molar-refractivity contribution >= 4 is 23.4 Å². The van der Waals surface area contributed by atoms with E-state index in [4.69, 9.17) is 9.84 Å². The predicted octanol–water partition coefficient (Wildman–Crippen LogP) is 4.33. The first-order valence-corrected chi connectivity index (χ1v) is 12.1. The van der Waals surface area contributed by atoms with E-state index < -0.39 is 12.3 Å². The lowest BCUT2D eigenvalue weighted by Gasteiger charge is -2.40. The van der Waals surface area contributed by atoms with Crippen LogP contribution in [0.3, 0.4) is 0 Å². The van der Waals surface area contributed by atoms with Gasteiger partial charge in [0.25, 0.3) is 0 Å². The number of hydrogen-bond acceptors (Lipinski definition) is 5. The molecule has 2 aromatic carbocycles. The highest BCUT2D eigenvalue weighted by Gasteiger charge is 2.39. The number of urea groups is 1. The molecule has 0 radical (unpaired) electrons. The topological polar surface area (TPSA) is 109 Å². The maximum atomic E-state index is 13.0. The molecule has 1 saturated carbocycles. The van der Waals surface area contributed by atoms with Crippen LogP contribution in [0.2, 0.25) is 0 Å². The van der Waals surface area contributed by atoms with Gasteiger partial charge in [0.05, 0.1) is 23.9 Å². The second-order valence-corrected chi connectivity index (χ2v) is 8.81. The second kappa shape index (κ2) is 10.2. The largest absolute Gasteiger partial charge is 0.492 e. The Labute approximate surface area is 204 Å². The van der Waals surface area contributed by atoms with Crippen molar-refractivity contribution in [3.8, 4) is 17.0 Å². The van der Waals surface area contributed by atoms with Crippen LogP contribution in [0.25, 0.3) is 11.3 Å². The Bertz CT molecular complexity index is 1190. The van der Waals surface area contributed by atoms with Crippen LogP contribution in [0.5, 0.6) is 5.75 Å². The molecule has 3 aromatic rings. The van der Waals surface area contributed by atoms with Crippen LogP contribution >= 0.6 is 0 Å². The molecular formula is C26H30N6O3. The van der Waals surface area contributed by atoms with Gasteiger partial charge in [-0.15, -0.1) is 0 Å². The minimum atomic E-state index is -0.565. The SMILES string of the molecule is CCOc1ccccc1NC(=O)Nc1cc(-c2ccccc2)nn1C1NC(=O)C2CCCCC2N1. The van der Waals surface area contributed by atoms with Gasteiger partial charge in [-0.1, -0.05) is 55.3 Å². The number of fused-ring (bicyclic) bond motifs is 1. The summed E-state index contributed by atoms with van der Waals surface area (Å²) in [6, 6.07) is 18.5. The number of nitrogens with zero attached hydrogens (tertiary/aromatic N) is 2. The van der Waals surface area contributed by atoms with Gasteiger partial charge in [0, 0.05) is 17.7 Å². The fourth-order valence-corrected chi connectivity index (χ4v) is 4.82. The molecule has 4 N–H and O–H groups in total. The minimum absolute atomic E-state index is 0.0243. The number of anilines is 2. The molecule has 9 heteroatoms. The van der Waals surface area contributed by atoms with Crippen LogP contribution in [0, 0.1) is 5.92 Å². The second-order valence-electron chi connectivity index (χ2n) is 8.81. The van der Waals surface area contributed by atoms with Gasteiger partial charge < -0.3 is 15.4 Å². The van der Waals surface area contributed by atoms with Gasteiger partial charge in [-0.3, -0.25) is 15.4 Å². The Morgan fingerprint density at radius 1 is 1.09 bits per heavy atom. The molecule has 5 rings (SSSR count). The van der Waals surface area contributed by atoms with Gasteiger partial charge in [0.1, 0.15) is 11.6 Å². The van der Waals surface area contributed by atoms with Gasteiger partial charge in [-0.05, 0) is 31.9 Å². The number of aromatic nitrogens is 2. The van der Waals surface area contributed by atoms with E-state index in [0.29, 0.717) is 29.6 Å². The summed E-state index contributed by atoms with van der Waals surface area (Å²) in [4.78, 5) is 25.8. The average Bonchev–Trinajstić information content (AvgIpc) is 3.29. The number of carbonyl (C=O) groups is 2. The van der Waals surface area contributed by atoms with Crippen molar-refractivity contribution in [1.29, 1.82) is 0 Å². The van der Waals surface area contributed by atoms with E-state index in [1.165, 1.54) is 0 Å². The van der Waals surface area contributed by atoms with E-state index in [0.717, 1.165) is 31.2 Å². The predicted molar refractivity (Wildman–Crippen MR) is 134 cm³/mol. The smallest absolute Gasteiger partial charge is 0.324 e. The first-order valence-electron chi connectivity index (χ1n) is 12.1. The minimum Gasteiger partial charge on any atom is -0.492 e. The van der Waals surface area contributed by atoms with E-state index >= 15 is 0 Å². The number of ether oxygens (including phenoxy) is 1. The number of hydrogen-bond donors (Lipinski definition) is 4. The Kier molecular flexibility index (Phi) is 6.67. The number of benzene rings is 2. The van der Waals surface area contributed by atoms with Gasteiger partial charge in [-0.2, -0.15) is 5.10 Å². The highest BCUT2D eigenvalue weighted by atomic mass is 16.5. The van der Waals surface area contributed by atoms with Gasteiger partial charge >= 0.3 is 6.03 Å². The number of carbonyl (C=O) groups excluding carboxylic acids is 2. The lowest BCUT2D eigenvalue weighted by atomic mass is 9.83. The van der Waals surface area contributed by atoms with E-state index in [2.05, 4.69) is 21.3 Å². The Morgan fingerprint density at radius 2 is 1.86 bits per heavy atom. The molecule has 1 aliphatic carbocycles. The Morgan fingerprint density at radius 3 is 2.69 bits per heavy atom. The summed E-state index contributed by atoms with van der Waals surface area (Å²) in [7, 11) is 0. The molecule has 1 saturated heterocycles. The zero-order valence-electron chi connectivity index (χ0n) is 19.7. The molecule has 0 spiro atoms. The summed E-state index contributed by atoms with van der Waals surface area (Å²) >= 11 is 0. The summed E-state index contributed by atoms with van der Waals surface area (Å²) in [5.41, 5.74) is 2.17. The van der Waals surface area contributed by atoms with Crippen molar-refractivity contribution in [2.24, 2.45) is 5.92 Å². The monoisotopic (exact) mass is 474 g/mol. The molecule has 3 amide bonds. The molecule has 3 unspecified atom stereocenters. The number of nitrogens with one attached hydrogen (secondary N) is 4. The average molecular weight is 475 g/mol. The number of rotatable bonds is 6. The fraction of sp³-hybridized carbons (Fsp3) is 0.346. The number of amides is 3. The first kappa shape index (κ1) is 22.9. The third kappa shape index (κ3) is 5.00. The molecule has 9 nitrogen and oxygen atoms in total.